The van der Waals surface area contributed by atoms with Crippen molar-refractivity contribution in [2.24, 2.45) is 5.73 Å². The van der Waals surface area contributed by atoms with Gasteiger partial charge in [0.15, 0.2) is 0 Å². The van der Waals surface area contributed by atoms with Crippen molar-refractivity contribution in [1.82, 2.24) is 0 Å². The van der Waals surface area contributed by atoms with Crippen LogP contribution in [0.15, 0.2) is 24.3 Å². The third-order valence-electron chi connectivity index (χ3n) is 2.90. The molecule has 0 aromatic heterocycles. The normalized spacial score (nSPS) is 12.5. The van der Waals surface area contributed by atoms with Crippen molar-refractivity contribution < 1.29 is 9.47 Å². The molecule has 0 fully saturated rings. The zero-order valence-corrected chi connectivity index (χ0v) is 13.5. The summed E-state index contributed by atoms with van der Waals surface area (Å²) >= 11 is 0. The first kappa shape index (κ1) is 17.0. The standard InChI is InChI=1S/C17H29NO2/c1-16(2,3)14-7-9-15(10-8-14)20-12-6-11-19-13-17(4,5)18/h7-10H,6,11-13,18H2,1-5H3. The highest BCUT2D eigenvalue weighted by atomic mass is 16.5. The van der Waals surface area contributed by atoms with Gasteiger partial charge in [-0.3, -0.25) is 0 Å². The molecule has 20 heavy (non-hydrogen) atoms. The molecule has 0 spiro atoms. The van der Waals surface area contributed by atoms with Crippen LogP contribution in [-0.4, -0.2) is 25.4 Å². The lowest BCUT2D eigenvalue weighted by Gasteiger charge is -2.19. The van der Waals surface area contributed by atoms with Gasteiger partial charge in [0.05, 0.1) is 13.2 Å². The minimum absolute atomic E-state index is 0.182. The van der Waals surface area contributed by atoms with Crippen LogP contribution in [-0.2, 0) is 10.2 Å². The SMILES string of the molecule is CC(C)(N)COCCCOc1ccc(C(C)(C)C)cc1. The maximum absolute atomic E-state index is 5.83. The van der Waals surface area contributed by atoms with E-state index < -0.39 is 0 Å². The predicted molar refractivity (Wildman–Crippen MR) is 84.3 cm³/mol. The quantitative estimate of drug-likeness (QED) is 0.777. The second-order valence-electron chi connectivity index (χ2n) is 7.02. The van der Waals surface area contributed by atoms with Gasteiger partial charge in [0, 0.05) is 18.6 Å². The summed E-state index contributed by atoms with van der Waals surface area (Å²) in [5.41, 5.74) is 7.07. The molecule has 3 nitrogen and oxygen atoms in total. The van der Waals surface area contributed by atoms with Crippen LogP contribution in [0.25, 0.3) is 0 Å². The third-order valence-corrected chi connectivity index (χ3v) is 2.90. The zero-order valence-electron chi connectivity index (χ0n) is 13.5. The Balaban J connectivity index is 2.23. The van der Waals surface area contributed by atoms with E-state index in [0.717, 1.165) is 12.2 Å². The lowest BCUT2D eigenvalue weighted by Crippen LogP contribution is -2.37. The van der Waals surface area contributed by atoms with Gasteiger partial charge in [0.2, 0.25) is 0 Å². The second kappa shape index (κ2) is 7.09. The minimum Gasteiger partial charge on any atom is -0.494 e. The fraction of sp³-hybridized carbons (Fsp3) is 0.647. The number of ether oxygens (including phenoxy) is 2. The highest BCUT2D eigenvalue weighted by Gasteiger charge is 2.13. The fourth-order valence-corrected chi connectivity index (χ4v) is 1.74. The van der Waals surface area contributed by atoms with Crippen molar-refractivity contribution in [3.05, 3.63) is 29.8 Å². The molecule has 3 heteroatoms. The number of hydrogen-bond donors (Lipinski definition) is 1. The minimum atomic E-state index is -0.260. The van der Waals surface area contributed by atoms with Gasteiger partial charge in [0.1, 0.15) is 5.75 Å². The molecule has 0 bridgehead atoms. The van der Waals surface area contributed by atoms with Crippen LogP contribution in [0.3, 0.4) is 0 Å². The summed E-state index contributed by atoms with van der Waals surface area (Å²) in [6.07, 6.45) is 0.872. The van der Waals surface area contributed by atoms with E-state index in [2.05, 4.69) is 32.9 Å². The molecule has 0 atom stereocenters. The molecular weight excluding hydrogens is 250 g/mol. The van der Waals surface area contributed by atoms with Gasteiger partial charge in [-0.1, -0.05) is 32.9 Å². The maximum Gasteiger partial charge on any atom is 0.119 e. The van der Waals surface area contributed by atoms with E-state index in [1.807, 2.05) is 26.0 Å². The summed E-state index contributed by atoms with van der Waals surface area (Å²) in [4.78, 5) is 0. The topological polar surface area (TPSA) is 44.5 Å². The molecule has 0 radical (unpaired) electrons. The summed E-state index contributed by atoms with van der Waals surface area (Å²) in [6, 6.07) is 8.32. The van der Waals surface area contributed by atoms with Crippen molar-refractivity contribution in [3.8, 4) is 5.75 Å². The Kier molecular flexibility index (Phi) is 6.03. The molecule has 0 aliphatic heterocycles. The van der Waals surface area contributed by atoms with Gasteiger partial charge in [-0.05, 0) is 37.0 Å². The van der Waals surface area contributed by atoms with Gasteiger partial charge in [-0.25, -0.2) is 0 Å². The van der Waals surface area contributed by atoms with Gasteiger partial charge in [-0.2, -0.15) is 0 Å². The Hall–Kier alpha value is -1.06. The molecule has 0 heterocycles. The van der Waals surface area contributed by atoms with Gasteiger partial charge in [0.25, 0.3) is 0 Å². The molecule has 0 saturated carbocycles. The number of rotatable bonds is 7. The zero-order chi connectivity index (χ0) is 15.2. The van der Waals surface area contributed by atoms with E-state index in [1.54, 1.807) is 0 Å². The summed E-state index contributed by atoms with van der Waals surface area (Å²) < 4.78 is 11.2. The summed E-state index contributed by atoms with van der Waals surface area (Å²) in [7, 11) is 0. The van der Waals surface area contributed by atoms with Crippen LogP contribution in [0, 0.1) is 0 Å². The first-order valence-electron chi connectivity index (χ1n) is 7.28. The first-order valence-corrected chi connectivity index (χ1v) is 7.28. The van der Waals surface area contributed by atoms with Crippen LogP contribution in [0.1, 0.15) is 46.6 Å². The molecule has 0 amide bonds. The Labute approximate surface area is 123 Å². The highest BCUT2D eigenvalue weighted by Crippen LogP contribution is 2.24. The van der Waals surface area contributed by atoms with Crippen LogP contribution in [0.4, 0.5) is 0 Å². The van der Waals surface area contributed by atoms with Crippen LogP contribution >= 0.6 is 0 Å². The van der Waals surface area contributed by atoms with E-state index >= 15 is 0 Å². The summed E-state index contributed by atoms with van der Waals surface area (Å²) in [5, 5.41) is 0. The van der Waals surface area contributed by atoms with E-state index in [9.17, 15) is 0 Å². The molecule has 114 valence electrons. The monoisotopic (exact) mass is 279 g/mol. The lowest BCUT2D eigenvalue weighted by atomic mass is 9.87. The second-order valence-corrected chi connectivity index (χ2v) is 7.02. The Bertz CT molecular complexity index is 385. The molecular formula is C17H29NO2. The lowest BCUT2D eigenvalue weighted by molar-refractivity contribution is 0.0870. The maximum atomic E-state index is 5.83. The number of nitrogens with two attached hydrogens (primary N) is 1. The predicted octanol–water partition coefficient (Wildman–Crippen LogP) is 3.51. The van der Waals surface area contributed by atoms with Crippen molar-refractivity contribution in [1.29, 1.82) is 0 Å². The molecule has 0 aliphatic carbocycles. The number of hydrogen-bond acceptors (Lipinski definition) is 3. The van der Waals surface area contributed by atoms with Crippen molar-refractivity contribution >= 4 is 0 Å². The highest BCUT2D eigenvalue weighted by molar-refractivity contribution is 5.31. The van der Waals surface area contributed by atoms with Crippen molar-refractivity contribution in [3.63, 3.8) is 0 Å². The molecule has 0 aliphatic rings. The molecule has 1 aromatic rings. The Morgan fingerprint density at radius 1 is 0.950 bits per heavy atom. The van der Waals surface area contributed by atoms with Gasteiger partial charge >= 0.3 is 0 Å². The van der Waals surface area contributed by atoms with Crippen molar-refractivity contribution in [2.75, 3.05) is 19.8 Å². The largest absolute Gasteiger partial charge is 0.494 e. The Morgan fingerprint density at radius 3 is 2.05 bits per heavy atom. The molecule has 1 aromatic carbocycles. The van der Waals surface area contributed by atoms with Crippen LogP contribution < -0.4 is 10.5 Å². The number of benzene rings is 1. The summed E-state index contributed by atoms with van der Waals surface area (Å²) in [5.74, 6) is 0.914. The molecule has 1 rings (SSSR count). The van der Waals surface area contributed by atoms with E-state index in [4.69, 9.17) is 15.2 Å². The first-order chi connectivity index (χ1) is 9.18. The van der Waals surface area contributed by atoms with Crippen molar-refractivity contribution in [2.45, 2.75) is 52.0 Å². The Morgan fingerprint density at radius 2 is 1.55 bits per heavy atom. The van der Waals surface area contributed by atoms with Gasteiger partial charge < -0.3 is 15.2 Å². The third kappa shape index (κ3) is 6.92. The van der Waals surface area contributed by atoms with E-state index in [1.165, 1.54) is 5.56 Å². The molecule has 0 unspecified atom stereocenters. The van der Waals surface area contributed by atoms with Crippen LogP contribution in [0.2, 0.25) is 0 Å². The van der Waals surface area contributed by atoms with E-state index in [-0.39, 0.29) is 11.0 Å². The van der Waals surface area contributed by atoms with Gasteiger partial charge in [-0.15, -0.1) is 0 Å². The molecule has 2 N–H and O–H groups in total. The average molecular weight is 279 g/mol. The summed E-state index contributed by atoms with van der Waals surface area (Å²) in [6.45, 7) is 12.5. The smallest absolute Gasteiger partial charge is 0.119 e. The molecule has 0 saturated heterocycles. The van der Waals surface area contributed by atoms with E-state index in [0.29, 0.717) is 19.8 Å². The fourth-order valence-electron chi connectivity index (χ4n) is 1.74. The average Bonchev–Trinajstić information content (AvgIpc) is 2.32. The van der Waals surface area contributed by atoms with Crippen LogP contribution in [0.5, 0.6) is 5.75 Å².